The van der Waals surface area contributed by atoms with E-state index >= 15 is 0 Å². The van der Waals surface area contributed by atoms with E-state index in [-0.39, 0.29) is 24.1 Å². The third kappa shape index (κ3) is 3.18. The Balaban J connectivity index is 2.04. The zero-order valence-electron chi connectivity index (χ0n) is 9.36. The van der Waals surface area contributed by atoms with Crippen molar-refractivity contribution in [2.45, 2.75) is 18.6 Å². The highest BCUT2D eigenvalue weighted by Crippen LogP contribution is 2.19. The average Bonchev–Trinajstić information content (AvgIpc) is 2.35. The van der Waals surface area contributed by atoms with Gasteiger partial charge in [-0.25, -0.2) is 8.78 Å². The number of nitrogens with two attached hydrogens (primary N) is 1. The molecule has 5 heteroatoms. The molecule has 1 heterocycles. The van der Waals surface area contributed by atoms with E-state index in [1.54, 1.807) is 11.8 Å². The van der Waals surface area contributed by atoms with Gasteiger partial charge in [-0.2, -0.15) is 11.8 Å². The lowest BCUT2D eigenvalue weighted by Gasteiger charge is -2.27. The normalized spacial score (nSPS) is 22.4. The van der Waals surface area contributed by atoms with Crippen molar-refractivity contribution in [3.63, 3.8) is 0 Å². The second kappa shape index (κ2) is 5.80. The SMILES string of the molecule is NC(Cc1c(F)cccc1F)C1CSCCO1. The lowest BCUT2D eigenvalue weighted by atomic mass is 10.0. The summed E-state index contributed by atoms with van der Waals surface area (Å²) >= 11 is 1.76. The van der Waals surface area contributed by atoms with E-state index in [0.29, 0.717) is 6.61 Å². The highest BCUT2D eigenvalue weighted by Gasteiger charge is 2.24. The van der Waals surface area contributed by atoms with Crippen LogP contribution in [0.5, 0.6) is 0 Å². The van der Waals surface area contributed by atoms with Crippen molar-refractivity contribution in [2.75, 3.05) is 18.1 Å². The smallest absolute Gasteiger partial charge is 0.129 e. The number of rotatable bonds is 3. The Morgan fingerprint density at radius 2 is 2.12 bits per heavy atom. The van der Waals surface area contributed by atoms with Crippen LogP contribution in [0.1, 0.15) is 5.56 Å². The maximum absolute atomic E-state index is 13.4. The Bertz CT molecular complexity index is 363. The molecule has 0 spiro atoms. The fraction of sp³-hybridized carbons (Fsp3) is 0.500. The summed E-state index contributed by atoms with van der Waals surface area (Å²) in [6.07, 6.45) is 0.0526. The number of halogens is 2. The van der Waals surface area contributed by atoms with E-state index in [0.717, 1.165) is 11.5 Å². The maximum atomic E-state index is 13.4. The minimum Gasteiger partial charge on any atom is -0.375 e. The minimum absolute atomic E-state index is 0.0548. The summed E-state index contributed by atoms with van der Waals surface area (Å²) in [6.45, 7) is 0.656. The van der Waals surface area contributed by atoms with E-state index in [1.165, 1.54) is 18.2 Å². The minimum atomic E-state index is -0.538. The topological polar surface area (TPSA) is 35.2 Å². The van der Waals surface area contributed by atoms with Crippen LogP contribution >= 0.6 is 11.8 Å². The quantitative estimate of drug-likeness (QED) is 0.901. The monoisotopic (exact) mass is 259 g/mol. The molecule has 0 aliphatic carbocycles. The van der Waals surface area contributed by atoms with Gasteiger partial charge in [0.15, 0.2) is 0 Å². The molecule has 1 aliphatic rings. The molecule has 1 aliphatic heterocycles. The lowest BCUT2D eigenvalue weighted by molar-refractivity contribution is 0.0568. The first-order chi connectivity index (χ1) is 8.18. The molecule has 1 fully saturated rings. The fourth-order valence-corrected chi connectivity index (χ4v) is 2.80. The average molecular weight is 259 g/mol. The summed E-state index contributed by atoms with van der Waals surface area (Å²) in [7, 11) is 0. The van der Waals surface area contributed by atoms with Crippen LogP contribution in [0, 0.1) is 11.6 Å². The first kappa shape index (κ1) is 12.8. The van der Waals surface area contributed by atoms with Crippen molar-refractivity contribution in [1.29, 1.82) is 0 Å². The summed E-state index contributed by atoms with van der Waals surface area (Å²) in [6, 6.07) is 3.49. The maximum Gasteiger partial charge on any atom is 0.129 e. The first-order valence-corrected chi connectivity index (χ1v) is 6.72. The molecule has 1 aromatic rings. The second-order valence-electron chi connectivity index (χ2n) is 4.05. The molecule has 0 radical (unpaired) electrons. The van der Waals surface area contributed by atoms with E-state index in [4.69, 9.17) is 10.5 Å². The largest absolute Gasteiger partial charge is 0.375 e. The summed E-state index contributed by atoms with van der Waals surface area (Å²) < 4.78 is 32.4. The van der Waals surface area contributed by atoms with Crippen molar-refractivity contribution in [3.05, 3.63) is 35.4 Å². The molecular formula is C12H15F2NOS. The van der Waals surface area contributed by atoms with E-state index in [1.807, 2.05) is 0 Å². The van der Waals surface area contributed by atoms with Gasteiger partial charge in [0.1, 0.15) is 11.6 Å². The highest BCUT2D eigenvalue weighted by molar-refractivity contribution is 7.99. The van der Waals surface area contributed by atoms with Crippen molar-refractivity contribution in [3.8, 4) is 0 Å². The Morgan fingerprint density at radius 3 is 2.71 bits per heavy atom. The Hall–Kier alpha value is -0.650. The van der Waals surface area contributed by atoms with Crippen molar-refractivity contribution in [2.24, 2.45) is 5.73 Å². The standard InChI is InChI=1S/C12H15F2NOS/c13-9-2-1-3-10(14)8(9)6-11(15)12-7-17-5-4-16-12/h1-3,11-12H,4-7,15H2. The van der Waals surface area contributed by atoms with E-state index in [2.05, 4.69) is 0 Å². The third-order valence-corrected chi connectivity index (χ3v) is 3.84. The van der Waals surface area contributed by atoms with Crippen LogP contribution in [0.4, 0.5) is 8.78 Å². The molecular weight excluding hydrogens is 244 g/mol. The molecule has 94 valence electrons. The van der Waals surface area contributed by atoms with Crippen molar-refractivity contribution in [1.82, 2.24) is 0 Å². The van der Waals surface area contributed by atoms with Gasteiger partial charge in [0.2, 0.25) is 0 Å². The predicted molar refractivity (Wildman–Crippen MR) is 65.1 cm³/mol. The van der Waals surface area contributed by atoms with E-state index in [9.17, 15) is 8.78 Å². The van der Waals surface area contributed by atoms with Crippen LogP contribution in [0.3, 0.4) is 0 Å². The summed E-state index contributed by atoms with van der Waals surface area (Å²) in [5.74, 6) is 0.668. The zero-order valence-corrected chi connectivity index (χ0v) is 10.2. The third-order valence-electron chi connectivity index (χ3n) is 2.82. The van der Waals surface area contributed by atoms with Gasteiger partial charge in [0.05, 0.1) is 12.7 Å². The summed E-state index contributed by atoms with van der Waals surface area (Å²) in [5, 5.41) is 0. The zero-order chi connectivity index (χ0) is 12.3. The van der Waals surface area contributed by atoms with E-state index < -0.39 is 11.6 Å². The van der Waals surface area contributed by atoms with Crippen molar-refractivity contribution >= 4 is 11.8 Å². The number of thioether (sulfide) groups is 1. The van der Waals surface area contributed by atoms with Gasteiger partial charge in [0, 0.05) is 23.1 Å². The highest BCUT2D eigenvalue weighted by atomic mass is 32.2. The molecule has 0 aromatic heterocycles. The van der Waals surface area contributed by atoms with Gasteiger partial charge in [0.25, 0.3) is 0 Å². The number of benzene rings is 1. The Morgan fingerprint density at radius 1 is 1.41 bits per heavy atom. The Kier molecular flexibility index (Phi) is 4.36. The number of ether oxygens (including phenoxy) is 1. The molecule has 1 saturated heterocycles. The lowest BCUT2D eigenvalue weighted by Crippen LogP contribution is -2.42. The first-order valence-electron chi connectivity index (χ1n) is 5.56. The van der Waals surface area contributed by atoms with Gasteiger partial charge in [-0.05, 0) is 18.6 Å². The molecule has 1 aromatic carbocycles. The molecule has 2 N–H and O–H groups in total. The Labute approximate surface area is 104 Å². The molecule has 2 nitrogen and oxygen atoms in total. The van der Waals surface area contributed by atoms with Crippen molar-refractivity contribution < 1.29 is 13.5 Å². The van der Waals surface area contributed by atoms with Crippen LogP contribution < -0.4 is 5.73 Å². The summed E-state index contributed by atoms with van der Waals surface area (Å²) in [5.41, 5.74) is 6.00. The van der Waals surface area contributed by atoms with Crippen LogP contribution in [0.15, 0.2) is 18.2 Å². The molecule has 17 heavy (non-hydrogen) atoms. The molecule has 2 atom stereocenters. The molecule has 0 amide bonds. The predicted octanol–water partition coefficient (Wildman–Crippen LogP) is 1.97. The van der Waals surface area contributed by atoms with Gasteiger partial charge < -0.3 is 10.5 Å². The molecule has 2 rings (SSSR count). The van der Waals surface area contributed by atoms with Crippen LogP contribution in [0.2, 0.25) is 0 Å². The molecule has 0 bridgehead atoms. The van der Waals surface area contributed by atoms with Gasteiger partial charge >= 0.3 is 0 Å². The summed E-state index contributed by atoms with van der Waals surface area (Å²) in [4.78, 5) is 0. The van der Waals surface area contributed by atoms with Gasteiger partial charge in [-0.1, -0.05) is 6.07 Å². The molecule has 0 saturated carbocycles. The number of hydrogen-bond donors (Lipinski definition) is 1. The molecule has 2 unspecified atom stereocenters. The van der Waals surface area contributed by atoms with Crippen LogP contribution in [-0.4, -0.2) is 30.3 Å². The second-order valence-corrected chi connectivity index (χ2v) is 5.20. The van der Waals surface area contributed by atoms with Crippen LogP contribution in [-0.2, 0) is 11.2 Å². The van der Waals surface area contributed by atoms with Gasteiger partial charge in [-0.3, -0.25) is 0 Å². The number of hydrogen-bond acceptors (Lipinski definition) is 3. The van der Waals surface area contributed by atoms with Crippen LogP contribution in [0.25, 0.3) is 0 Å². The fourth-order valence-electron chi connectivity index (χ4n) is 1.85. The van der Waals surface area contributed by atoms with Gasteiger partial charge in [-0.15, -0.1) is 0 Å².